The Morgan fingerprint density at radius 1 is 0.846 bits per heavy atom. The van der Waals surface area contributed by atoms with Gasteiger partial charge >= 0.3 is 0 Å². The van der Waals surface area contributed by atoms with Crippen LogP contribution in [-0.4, -0.2) is 21.4 Å². The molecule has 0 heterocycles. The van der Waals surface area contributed by atoms with Crippen LogP contribution >= 0.6 is 0 Å². The normalized spacial score (nSPS) is 20.6. The molecule has 0 saturated carbocycles. The molecule has 0 aliphatic heterocycles. The highest BCUT2D eigenvalue weighted by Crippen LogP contribution is 2.40. The third-order valence-electron chi connectivity index (χ3n) is 3.00. The second-order valence-electron chi connectivity index (χ2n) is 4.06. The standard InChI is InChI=1S/C11H16O2/c1-7-10(5,12)9(3,4)11(6,13)8-2/h1-2,12-13H,3-6H3. The van der Waals surface area contributed by atoms with E-state index in [9.17, 15) is 10.2 Å². The fourth-order valence-electron chi connectivity index (χ4n) is 0.835. The predicted octanol–water partition coefficient (Wildman–Crippen LogP) is 0.781. The second kappa shape index (κ2) is 3.07. The molecule has 2 heteroatoms. The molecule has 0 spiro atoms. The highest BCUT2D eigenvalue weighted by molar-refractivity contribution is 5.23. The fourth-order valence-corrected chi connectivity index (χ4v) is 0.835. The number of hydrogen-bond acceptors (Lipinski definition) is 2. The van der Waals surface area contributed by atoms with Crippen LogP contribution in [0.3, 0.4) is 0 Å². The Balaban J connectivity index is 5.26. The Labute approximate surface area is 80.0 Å². The topological polar surface area (TPSA) is 40.5 Å². The van der Waals surface area contributed by atoms with Crippen LogP contribution in [-0.2, 0) is 0 Å². The molecule has 0 radical (unpaired) electrons. The van der Waals surface area contributed by atoms with Gasteiger partial charge in [0, 0.05) is 5.41 Å². The molecule has 2 unspecified atom stereocenters. The van der Waals surface area contributed by atoms with Gasteiger partial charge in [0.15, 0.2) is 0 Å². The largest absolute Gasteiger partial charge is 0.377 e. The first-order valence-electron chi connectivity index (χ1n) is 4.02. The average Bonchev–Trinajstić information content (AvgIpc) is 2.03. The van der Waals surface area contributed by atoms with Gasteiger partial charge in [-0.2, -0.15) is 0 Å². The molecule has 13 heavy (non-hydrogen) atoms. The van der Waals surface area contributed by atoms with Crippen molar-refractivity contribution >= 4 is 0 Å². The van der Waals surface area contributed by atoms with E-state index in [0.29, 0.717) is 0 Å². The van der Waals surface area contributed by atoms with Crippen LogP contribution in [0.4, 0.5) is 0 Å². The molecular formula is C11H16O2. The zero-order chi connectivity index (χ0) is 10.9. The van der Waals surface area contributed by atoms with Crippen molar-refractivity contribution in [1.29, 1.82) is 0 Å². The third-order valence-corrected chi connectivity index (χ3v) is 3.00. The molecule has 0 fully saturated rings. The van der Waals surface area contributed by atoms with Crippen LogP contribution in [0.2, 0.25) is 0 Å². The lowest BCUT2D eigenvalue weighted by Crippen LogP contribution is -2.54. The summed E-state index contributed by atoms with van der Waals surface area (Å²) in [6.45, 7) is 6.18. The van der Waals surface area contributed by atoms with Gasteiger partial charge in [0.05, 0.1) is 0 Å². The van der Waals surface area contributed by atoms with E-state index in [4.69, 9.17) is 12.8 Å². The first-order valence-corrected chi connectivity index (χ1v) is 4.02. The Bertz CT molecular complexity index is 243. The van der Waals surface area contributed by atoms with Crippen molar-refractivity contribution in [3.05, 3.63) is 0 Å². The maximum absolute atomic E-state index is 9.83. The van der Waals surface area contributed by atoms with Gasteiger partial charge in [-0.15, -0.1) is 12.8 Å². The minimum absolute atomic E-state index is 0.969. The summed E-state index contributed by atoms with van der Waals surface area (Å²) in [5.41, 5.74) is -3.85. The highest BCUT2D eigenvalue weighted by Gasteiger charge is 2.50. The van der Waals surface area contributed by atoms with E-state index >= 15 is 0 Å². The lowest BCUT2D eigenvalue weighted by Gasteiger charge is -2.44. The van der Waals surface area contributed by atoms with Gasteiger partial charge in [0.25, 0.3) is 0 Å². The van der Waals surface area contributed by atoms with Gasteiger partial charge in [0.2, 0.25) is 0 Å². The van der Waals surface area contributed by atoms with E-state index in [1.165, 1.54) is 13.8 Å². The molecule has 0 amide bonds. The molecule has 0 aliphatic rings. The molecule has 0 aromatic heterocycles. The van der Waals surface area contributed by atoms with Gasteiger partial charge in [-0.3, -0.25) is 0 Å². The minimum atomic E-state index is -1.44. The molecule has 2 nitrogen and oxygen atoms in total. The molecule has 0 aromatic rings. The number of hydrogen-bond donors (Lipinski definition) is 2. The number of rotatable bonds is 2. The molecule has 2 N–H and O–H groups in total. The monoisotopic (exact) mass is 180 g/mol. The maximum Gasteiger partial charge on any atom is 0.131 e. The summed E-state index contributed by atoms with van der Waals surface area (Å²) in [7, 11) is 0. The van der Waals surface area contributed by atoms with E-state index in [1.54, 1.807) is 13.8 Å². The van der Waals surface area contributed by atoms with Gasteiger partial charge in [-0.1, -0.05) is 25.7 Å². The first-order chi connectivity index (χ1) is 5.62. The summed E-state index contributed by atoms with van der Waals surface area (Å²) in [6, 6.07) is 0. The molecular weight excluding hydrogens is 164 g/mol. The molecule has 0 aromatic carbocycles. The van der Waals surface area contributed by atoms with Gasteiger partial charge in [-0.05, 0) is 13.8 Å². The SMILES string of the molecule is C#CC(C)(O)C(C)(C)C(C)(O)C#C. The third kappa shape index (κ3) is 1.70. The van der Waals surface area contributed by atoms with Crippen LogP contribution < -0.4 is 0 Å². The van der Waals surface area contributed by atoms with Gasteiger partial charge < -0.3 is 10.2 Å². The smallest absolute Gasteiger partial charge is 0.131 e. The van der Waals surface area contributed by atoms with Crippen LogP contribution in [0, 0.1) is 30.1 Å². The molecule has 0 bridgehead atoms. The van der Waals surface area contributed by atoms with Crippen LogP contribution in [0.25, 0.3) is 0 Å². The fraction of sp³-hybridized carbons (Fsp3) is 0.636. The summed E-state index contributed by atoms with van der Waals surface area (Å²) in [5, 5.41) is 19.7. The quantitative estimate of drug-likeness (QED) is 0.616. The maximum atomic E-state index is 9.83. The predicted molar refractivity (Wildman–Crippen MR) is 52.7 cm³/mol. The summed E-state index contributed by atoms with van der Waals surface area (Å²) in [5.74, 6) is 4.44. The average molecular weight is 180 g/mol. The Morgan fingerprint density at radius 3 is 1.23 bits per heavy atom. The summed E-state index contributed by atoms with van der Waals surface area (Å²) < 4.78 is 0. The number of aliphatic hydroxyl groups is 2. The zero-order valence-corrected chi connectivity index (χ0v) is 8.55. The van der Waals surface area contributed by atoms with Crippen molar-refractivity contribution < 1.29 is 10.2 Å². The van der Waals surface area contributed by atoms with Crippen molar-refractivity contribution in [1.82, 2.24) is 0 Å². The number of terminal acetylenes is 2. The van der Waals surface area contributed by atoms with Crippen molar-refractivity contribution in [3.63, 3.8) is 0 Å². The van der Waals surface area contributed by atoms with E-state index in [2.05, 4.69) is 11.8 Å². The Hall–Kier alpha value is -0.960. The Morgan fingerprint density at radius 2 is 1.08 bits per heavy atom. The van der Waals surface area contributed by atoms with E-state index < -0.39 is 16.6 Å². The van der Waals surface area contributed by atoms with Crippen LogP contribution in [0.1, 0.15) is 27.7 Å². The molecule has 0 saturated heterocycles. The van der Waals surface area contributed by atoms with Crippen LogP contribution in [0.15, 0.2) is 0 Å². The zero-order valence-electron chi connectivity index (χ0n) is 8.55. The van der Waals surface area contributed by atoms with Crippen molar-refractivity contribution in [2.75, 3.05) is 0 Å². The van der Waals surface area contributed by atoms with Crippen LogP contribution in [0.5, 0.6) is 0 Å². The molecule has 0 rings (SSSR count). The lowest BCUT2D eigenvalue weighted by atomic mass is 9.65. The molecule has 0 aliphatic carbocycles. The van der Waals surface area contributed by atoms with E-state index in [-0.39, 0.29) is 0 Å². The lowest BCUT2D eigenvalue weighted by molar-refractivity contribution is -0.106. The summed E-state index contributed by atoms with van der Waals surface area (Å²) in [4.78, 5) is 0. The highest BCUT2D eigenvalue weighted by atomic mass is 16.3. The van der Waals surface area contributed by atoms with Gasteiger partial charge in [0.1, 0.15) is 11.2 Å². The van der Waals surface area contributed by atoms with E-state index in [1.807, 2.05) is 0 Å². The first kappa shape index (κ1) is 12.0. The molecule has 2 atom stereocenters. The minimum Gasteiger partial charge on any atom is -0.377 e. The van der Waals surface area contributed by atoms with Crippen molar-refractivity contribution in [2.24, 2.45) is 5.41 Å². The van der Waals surface area contributed by atoms with E-state index in [0.717, 1.165) is 0 Å². The second-order valence-corrected chi connectivity index (χ2v) is 4.06. The molecule has 72 valence electrons. The summed E-state index contributed by atoms with van der Waals surface area (Å²) in [6.07, 6.45) is 10.3. The Kier molecular flexibility index (Phi) is 2.84. The van der Waals surface area contributed by atoms with Gasteiger partial charge in [-0.25, -0.2) is 0 Å². The van der Waals surface area contributed by atoms with Crippen molar-refractivity contribution in [2.45, 2.75) is 38.9 Å². The summed E-state index contributed by atoms with van der Waals surface area (Å²) >= 11 is 0. The van der Waals surface area contributed by atoms with Crippen molar-refractivity contribution in [3.8, 4) is 24.7 Å².